The van der Waals surface area contributed by atoms with Crippen LogP contribution < -0.4 is 19.6 Å². The van der Waals surface area contributed by atoms with Crippen LogP contribution in [0, 0.1) is 13.8 Å². The first-order valence-corrected chi connectivity index (χ1v) is 16.0. The summed E-state index contributed by atoms with van der Waals surface area (Å²) >= 11 is 0. The molecule has 6 rings (SSSR count). The molecule has 0 aliphatic carbocycles. The second kappa shape index (κ2) is 14.0. The summed E-state index contributed by atoms with van der Waals surface area (Å²) < 4.78 is 5.47. The van der Waals surface area contributed by atoms with E-state index >= 15 is 0 Å². The zero-order chi connectivity index (χ0) is 33.1. The van der Waals surface area contributed by atoms with Gasteiger partial charge in [0, 0.05) is 106 Å². The minimum absolute atomic E-state index is 0.0473. The molecule has 12 nitrogen and oxygen atoms in total. The molecule has 5 aromatic rings. The van der Waals surface area contributed by atoms with E-state index in [1.807, 2.05) is 13.8 Å². The Morgan fingerprint density at radius 1 is 0.723 bits per heavy atom. The van der Waals surface area contributed by atoms with Crippen molar-refractivity contribution in [2.75, 3.05) is 100 Å². The largest absolute Gasteiger partial charge is 0.394 e. The van der Waals surface area contributed by atoms with Crippen molar-refractivity contribution in [3.05, 3.63) is 66.2 Å². The van der Waals surface area contributed by atoms with E-state index in [9.17, 15) is 0 Å². The molecule has 47 heavy (non-hydrogen) atoms. The van der Waals surface area contributed by atoms with Crippen molar-refractivity contribution in [1.82, 2.24) is 29.8 Å². The molecule has 0 amide bonds. The quantitative estimate of drug-likeness (QED) is 0.209. The van der Waals surface area contributed by atoms with Gasteiger partial charge in [0.05, 0.1) is 30.9 Å². The Kier molecular flexibility index (Phi) is 9.62. The van der Waals surface area contributed by atoms with Crippen molar-refractivity contribution >= 4 is 56.5 Å². The SMILES string of the molecule is Cc1cc(N(C)C)c2cc(N(c3ccc4nc(C)cc(N(C)C)c4c3)c3ncnc(N4CCN(CCOCCO)CC4)n3)ccc2n1. The van der Waals surface area contributed by atoms with E-state index in [1.54, 1.807) is 6.33 Å². The molecule has 1 N–H and O–H groups in total. The summed E-state index contributed by atoms with van der Waals surface area (Å²) in [7, 11) is 8.22. The molecule has 1 aliphatic heterocycles. The third-order valence-electron chi connectivity index (χ3n) is 8.47. The minimum Gasteiger partial charge on any atom is -0.394 e. The van der Waals surface area contributed by atoms with Crippen LogP contribution in [0.15, 0.2) is 54.9 Å². The predicted octanol–water partition coefficient (Wildman–Crippen LogP) is 4.32. The fraction of sp³-hybridized carbons (Fsp3) is 0.400. The van der Waals surface area contributed by atoms with E-state index in [2.05, 4.69) is 106 Å². The first-order chi connectivity index (χ1) is 22.7. The number of ether oxygens (including phenoxy) is 1. The lowest BCUT2D eigenvalue weighted by Crippen LogP contribution is -2.48. The molecule has 0 atom stereocenters. The molecular formula is C35H44N10O2. The molecule has 0 unspecified atom stereocenters. The second-order valence-electron chi connectivity index (χ2n) is 12.3. The van der Waals surface area contributed by atoms with Gasteiger partial charge in [-0.2, -0.15) is 4.98 Å². The molecule has 3 aromatic heterocycles. The molecule has 1 aliphatic rings. The Bertz CT molecular complexity index is 1760. The van der Waals surface area contributed by atoms with Gasteiger partial charge in [-0.1, -0.05) is 0 Å². The number of hydrogen-bond acceptors (Lipinski definition) is 12. The summed E-state index contributed by atoms with van der Waals surface area (Å²) in [6, 6.07) is 16.9. The molecule has 4 heterocycles. The molecule has 1 saturated heterocycles. The van der Waals surface area contributed by atoms with E-state index < -0.39 is 0 Å². The number of anilines is 6. The molecule has 0 radical (unpaired) electrons. The maximum atomic E-state index is 8.98. The van der Waals surface area contributed by atoms with Crippen molar-refractivity contribution in [2.24, 2.45) is 0 Å². The molecule has 246 valence electrons. The molecule has 0 saturated carbocycles. The number of pyridine rings is 2. The fourth-order valence-electron chi connectivity index (χ4n) is 6.12. The number of aromatic nitrogens is 5. The zero-order valence-corrected chi connectivity index (χ0v) is 28.2. The van der Waals surface area contributed by atoms with Gasteiger partial charge in [-0.3, -0.25) is 19.8 Å². The molecule has 12 heteroatoms. The highest BCUT2D eigenvalue weighted by Crippen LogP contribution is 2.39. The first kappa shape index (κ1) is 32.3. The van der Waals surface area contributed by atoms with Crippen LogP contribution in [0.2, 0.25) is 0 Å². The summed E-state index contributed by atoms with van der Waals surface area (Å²) in [6.07, 6.45) is 1.61. The number of aryl methyl sites for hydroxylation is 2. The molecule has 1 fully saturated rings. The monoisotopic (exact) mass is 636 g/mol. The average molecular weight is 637 g/mol. The summed E-state index contributed by atoms with van der Waals surface area (Å²) in [5.74, 6) is 1.18. The highest BCUT2D eigenvalue weighted by molar-refractivity contribution is 5.98. The van der Waals surface area contributed by atoms with Gasteiger partial charge >= 0.3 is 0 Å². The van der Waals surface area contributed by atoms with Crippen molar-refractivity contribution in [3.63, 3.8) is 0 Å². The van der Waals surface area contributed by atoms with Crippen LogP contribution in [0.5, 0.6) is 0 Å². The van der Waals surface area contributed by atoms with Crippen LogP contribution in [0.1, 0.15) is 11.4 Å². The topological polar surface area (TPSA) is 110 Å². The van der Waals surface area contributed by atoms with E-state index in [-0.39, 0.29) is 6.61 Å². The number of benzene rings is 2. The van der Waals surface area contributed by atoms with Crippen molar-refractivity contribution in [2.45, 2.75) is 13.8 Å². The number of rotatable bonds is 11. The van der Waals surface area contributed by atoms with E-state index in [1.165, 1.54) is 0 Å². The third-order valence-corrected chi connectivity index (χ3v) is 8.47. The second-order valence-corrected chi connectivity index (χ2v) is 12.3. The number of fused-ring (bicyclic) bond motifs is 2. The Morgan fingerprint density at radius 2 is 1.30 bits per heavy atom. The Labute approximate surface area is 276 Å². The standard InChI is InChI=1S/C35H44N10O2/c1-24-19-32(41(3)4)28-21-26(7-9-30(28)38-24)45(27-8-10-31-29(22-27)33(42(5)6)20-25(2)39-31)35-37-23-36-34(40-35)44-13-11-43(12-14-44)15-17-47-18-16-46/h7-10,19-23,46H,11-18H2,1-6H3. The van der Waals surface area contributed by atoms with E-state index in [0.29, 0.717) is 25.1 Å². The number of hydrogen-bond donors (Lipinski definition) is 1. The molecule has 2 aromatic carbocycles. The third kappa shape index (κ3) is 7.04. The normalized spacial score (nSPS) is 13.8. The number of piperazine rings is 1. The van der Waals surface area contributed by atoms with Gasteiger partial charge in [0.15, 0.2) is 0 Å². The van der Waals surface area contributed by atoms with Crippen LogP contribution in [0.3, 0.4) is 0 Å². The van der Waals surface area contributed by atoms with Crippen molar-refractivity contribution in [1.29, 1.82) is 0 Å². The van der Waals surface area contributed by atoms with Gasteiger partial charge in [-0.05, 0) is 62.4 Å². The van der Waals surface area contributed by atoms with Crippen molar-refractivity contribution < 1.29 is 9.84 Å². The fourth-order valence-corrected chi connectivity index (χ4v) is 6.12. The molecule has 0 spiro atoms. The van der Waals surface area contributed by atoms with Gasteiger partial charge < -0.3 is 24.5 Å². The molecular weight excluding hydrogens is 592 g/mol. The predicted molar refractivity (Wildman–Crippen MR) is 190 cm³/mol. The maximum absolute atomic E-state index is 8.98. The van der Waals surface area contributed by atoms with Gasteiger partial charge in [0.25, 0.3) is 0 Å². The zero-order valence-electron chi connectivity index (χ0n) is 28.2. The lowest BCUT2D eigenvalue weighted by atomic mass is 10.1. The van der Waals surface area contributed by atoms with Gasteiger partial charge in [-0.25, -0.2) is 9.97 Å². The van der Waals surface area contributed by atoms with Crippen LogP contribution in [-0.2, 0) is 4.74 Å². The summed E-state index contributed by atoms with van der Waals surface area (Å²) in [5, 5.41) is 11.1. The summed E-state index contributed by atoms with van der Waals surface area (Å²) in [4.78, 5) is 35.0. The highest BCUT2D eigenvalue weighted by atomic mass is 16.5. The molecule has 0 bridgehead atoms. The summed E-state index contributed by atoms with van der Waals surface area (Å²) in [5.41, 5.74) is 7.84. The first-order valence-electron chi connectivity index (χ1n) is 16.0. The lowest BCUT2D eigenvalue weighted by molar-refractivity contribution is 0.0724. The number of nitrogens with zero attached hydrogens (tertiary/aromatic N) is 10. The smallest absolute Gasteiger partial charge is 0.239 e. The van der Waals surface area contributed by atoms with Gasteiger partial charge in [0.1, 0.15) is 6.33 Å². The lowest BCUT2D eigenvalue weighted by Gasteiger charge is -2.34. The van der Waals surface area contributed by atoms with Gasteiger partial charge in [0.2, 0.25) is 11.9 Å². The van der Waals surface area contributed by atoms with Crippen LogP contribution in [0.25, 0.3) is 21.8 Å². The van der Waals surface area contributed by atoms with Crippen LogP contribution in [-0.4, -0.2) is 116 Å². The van der Waals surface area contributed by atoms with Crippen LogP contribution in [0.4, 0.5) is 34.6 Å². The number of aliphatic hydroxyl groups is 1. The highest BCUT2D eigenvalue weighted by Gasteiger charge is 2.23. The Hall–Kier alpha value is -4.65. The van der Waals surface area contributed by atoms with Gasteiger partial charge in [-0.15, -0.1) is 0 Å². The Morgan fingerprint density at radius 3 is 1.83 bits per heavy atom. The average Bonchev–Trinajstić information content (AvgIpc) is 3.06. The minimum atomic E-state index is 0.0473. The van der Waals surface area contributed by atoms with Crippen LogP contribution >= 0.6 is 0 Å². The number of aliphatic hydroxyl groups excluding tert-OH is 1. The van der Waals surface area contributed by atoms with E-state index in [0.717, 1.165) is 88.7 Å². The summed E-state index contributed by atoms with van der Waals surface area (Å²) in [6.45, 7) is 9.26. The Balaban J connectivity index is 1.42. The van der Waals surface area contributed by atoms with Crippen molar-refractivity contribution in [3.8, 4) is 0 Å². The van der Waals surface area contributed by atoms with E-state index in [4.69, 9.17) is 29.8 Å². The maximum Gasteiger partial charge on any atom is 0.239 e.